The van der Waals surface area contributed by atoms with Gasteiger partial charge < -0.3 is 5.32 Å². The highest BCUT2D eigenvalue weighted by atomic mass is 79.9. The van der Waals surface area contributed by atoms with Gasteiger partial charge in [-0.05, 0) is 36.8 Å². The lowest BCUT2D eigenvalue weighted by molar-refractivity contribution is 1.45. The molecule has 2 nitrogen and oxygen atoms in total. The van der Waals surface area contributed by atoms with Gasteiger partial charge in [0.15, 0.2) is 0 Å². The van der Waals surface area contributed by atoms with Crippen molar-refractivity contribution >= 4 is 27.2 Å². The third-order valence-corrected chi connectivity index (χ3v) is 3.24. The molecule has 0 amide bonds. The Morgan fingerprint density at radius 2 is 1.74 bits per heavy atom. The lowest BCUT2D eigenvalue weighted by atomic mass is 10.1. The topological polar surface area (TPSA) is 35.8 Å². The maximum Gasteiger partial charge on any atom is 0.101 e. The zero-order chi connectivity index (χ0) is 13.7. The second kappa shape index (κ2) is 6.21. The summed E-state index contributed by atoms with van der Waals surface area (Å²) in [7, 11) is 0. The SMILES string of the molecule is Cc1ccc(N/C=C(\C#N)c2ccc(Br)cc2)cc1. The molecule has 0 saturated heterocycles. The van der Waals surface area contributed by atoms with Crippen LogP contribution in [0.4, 0.5) is 5.69 Å². The summed E-state index contributed by atoms with van der Waals surface area (Å²) in [5, 5.41) is 12.3. The Bertz CT molecular complexity index is 619. The number of nitriles is 1. The van der Waals surface area contributed by atoms with Crippen molar-refractivity contribution in [2.24, 2.45) is 0 Å². The minimum Gasteiger partial charge on any atom is -0.360 e. The van der Waals surface area contributed by atoms with Crippen LogP contribution in [-0.4, -0.2) is 0 Å². The van der Waals surface area contributed by atoms with E-state index in [4.69, 9.17) is 0 Å². The number of hydrogen-bond acceptors (Lipinski definition) is 2. The van der Waals surface area contributed by atoms with Gasteiger partial charge in [0, 0.05) is 16.4 Å². The minimum absolute atomic E-state index is 0.605. The predicted octanol–water partition coefficient (Wildman–Crippen LogP) is 4.73. The van der Waals surface area contributed by atoms with Gasteiger partial charge in [-0.2, -0.15) is 5.26 Å². The molecule has 0 aliphatic heterocycles. The average molecular weight is 313 g/mol. The van der Waals surface area contributed by atoms with E-state index in [1.54, 1.807) is 6.20 Å². The molecule has 94 valence electrons. The number of halogens is 1. The highest BCUT2D eigenvalue weighted by molar-refractivity contribution is 9.10. The van der Waals surface area contributed by atoms with E-state index in [9.17, 15) is 5.26 Å². The monoisotopic (exact) mass is 312 g/mol. The van der Waals surface area contributed by atoms with Crippen LogP contribution < -0.4 is 5.32 Å². The third kappa shape index (κ3) is 3.70. The molecule has 0 atom stereocenters. The molecule has 2 aromatic rings. The molecule has 0 radical (unpaired) electrons. The van der Waals surface area contributed by atoms with Gasteiger partial charge >= 0.3 is 0 Å². The molecule has 0 aliphatic rings. The molecule has 0 aliphatic carbocycles. The Balaban J connectivity index is 2.18. The largest absolute Gasteiger partial charge is 0.360 e. The number of anilines is 1. The normalized spacial score (nSPS) is 10.9. The Labute approximate surface area is 121 Å². The first-order valence-corrected chi connectivity index (χ1v) is 6.68. The van der Waals surface area contributed by atoms with Crippen LogP contribution in [0.15, 0.2) is 59.2 Å². The maximum absolute atomic E-state index is 9.20. The van der Waals surface area contributed by atoms with E-state index in [1.807, 2.05) is 55.5 Å². The molecule has 2 aromatic carbocycles. The van der Waals surface area contributed by atoms with Crippen LogP contribution >= 0.6 is 15.9 Å². The second-order valence-corrected chi connectivity index (χ2v) is 5.10. The van der Waals surface area contributed by atoms with Gasteiger partial charge in [0.25, 0.3) is 0 Å². The van der Waals surface area contributed by atoms with Crippen molar-refractivity contribution in [1.29, 1.82) is 5.26 Å². The van der Waals surface area contributed by atoms with Gasteiger partial charge in [0.1, 0.15) is 6.07 Å². The van der Waals surface area contributed by atoms with E-state index in [0.29, 0.717) is 5.57 Å². The van der Waals surface area contributed by atoms with Crippen LogP contribution in [0.25, 0.3) is 5.57 Å². The zero-order valence-corrected chi connectivity index (χ0v) is 12.1. The Kier molecular flexibility index (Phi) is 4.38. The van der Waals surface area contributed by atoms with E-state index in [-0.39, 0.29) is 0 Å². The van der Waals surface area contributed by atoms with Crippen LogP contribution in [-0.2, 0) is 0 Å². The van der Waals surface area contributed by atoms with Gasteiger partial charge in [0.2, 0.25) is 0 Å². The van der Waals surface area contributed by atoms with E-state index >= 15 is 0 Å². The highest BCUT2D eigenvalue weighted by Crippen LogP contribution is 2.18. The molecule has 0 unspecified atom stereocenters. The van der Waals surface area contributed by atoms with E-state index in [2.05, 4.69) is 27.3 Å². The van der Waals surface area contributed by atoms with Crippen molar-refractivity contribution in [2.45, 2.75) is 6.92 Å². The minimum atomic E-state index is 0.605. The molecule has 0 fully saturated rings. The van der Waals surface area contributed by atoms with Crippen LogP contribution in [0.2, 0.25) is 0 Å². The third-order valence-electron chi connectivity index (χ3n) is 2.71. The van der Waals surface area contributed by atoms with Crippen LogP contribution in [0.3, 0.4) is 0 Å². The standard InChI is InChI=1S/C16H13BrN2/c1-12-2-8-16(9-3-12)19-11-14(10-18)13-4-6-15(17)7-5-13/h2-9,11,19H,1H3/b14-11+. The van der Waals surface area contributed by atoms with E-state index < -0.39 is 0 Å². The average Bonchev–Trinajstić information content (AvgIpc) is 2.43. The number of nitrogens with zero attached hydrogens (tertiary/aromatic N) is 1. The summed E-state index contributed by atoms with van der Waals surface area (Å²) in [4.78, 5) is 0. The summed E-state index contributed by atoms with van der Waals surface area (Å²) >= 11 is 3.38. The number of rotatable bonds is 3. The van der Waals surface area contributed by atoms with Gasteiger partial charge in [-0.1, -0.05) is 45.8 Å². The Morgan fingerprint density at radius 3 is 2.32 bits per heavy atom. The molecular weight excluding hydrogens is 300 g/mol. The van der Waals surface area contributed by atoms with Crippen molar-refractivity contribution in [2.75, 3.05) is 5.32 Å². The molecular formula is C16H13BrN2. The number of hydrogen-bond donors (Lipinski definition) is 1. The molecule has 0 spiro atoms. The van der Waals surface area contributed by atoms with Crippen LogP contribution in [0.5, 0.6) is 0 Å². The number of aryl methyl sites for hydroxylation is 1. The number of benzene rings is 2. The van der Waals surface area contributed by atoms with E-state index in [0.717, 1.165) is 15.7 Å². The first-order valence-electron chi connectivity index (χ1n) is 5.88. The van der Waals surface area contributed by atoms with Crippen molar-refractivity contribution in [3.05, 3.63) is 70.3 Å². The molecule has 0 bridgehead atoms. The Hall–Kier alpha value is -2.05. The zero-order valence-electron chi connectivity index (χ0n) is 10.5. The second-order valence-electron chi connectivity index (χ2n) is 4.19. The molecule has 0 aromatic heterocycles. The van der Waals surface area contributed by atoms with Crippen LogP contribution in [0.1, 0.15) is 11.1 Å². The molecule has 0 saturated carbocycles. The first kappa shape index (κ1) is 13.4. The van der Waals surface area contributed by atoms with Crippen molar-refractivity contribution < 1.29 is 0 Å². The predicted molar refractivity (Wildman–Crippen MR) is 82.5 cm³/mol. The summed E-state index contributed by atoms with van der Waals surface area (Å²) in [6.07, 6.45) is 1.73. The molecule has 1 N–H and O–H groups in total. The quantitative estimate of drug-likeness (QED) is 0.831. The lowest BCUT2D eigenvalue weighted by Gasteiger charge is -2.03. The van der Waals surface area contributed by atoms with E-state index in [1.165, 1.54) is 5.56 Å². The summed E-state index contributed by atoms with van der Waals surface area (Å²) < 4.78 is 1.00. The first-order chi connectivity index (χ1) is 9.19. The number of nitrogens with one attached hydrogen (secondary N) is 1. The smallest absolute Gasteiger partial charge is 0.101 e. The van der Waals surface area contributed by atoms with Gasteiger partial charge in [-0.3, -0.25) is 0 Å². The van der Waals surface area contributed by atoms with Crippen LogP contribution in [0, 0.1) is 18.3 Å². The fourth-order valence-corrected chi connectivity index (χ4v) is 1.88. The lowest BCUT2D eigenvalue weighted by Crippen LogP contribution is -1.91. The maximum atomic E-state index is 9.20. The van der Waals surface area contributed by atoms with Gasteiger partial charge in [0.05, 0.1) is 5.57 Å². The van der Waals surface area contributed by atoms with Crippen molar-refractivity contribution in [3.8, 4) is 6.07 Å². The summed E-state index contributed by atoms with van der Waals surface area (Å²) in [6.45, 7) is 2.04. The molecule has 0 heterocycles. The Morgan fingerprint density at radius 1 is 1.11 bits per heavy atom. The van der Waals surface area contributed by atoms with Gasteiger partial charge in [-0.15, -0.1) is 0 Å². The summed E-state index contributed by atoms with van der Waals surface area (Å²) in [5.41, 5.74) is 3.68. The fourth-order valence-electron chi connectivity index (χ4n) is 1.61. The van der Waals surface area contributed by atoms with Crippen molar-refractivity contribution in [1.82, 2.24) is 0 Å². The number of allylic oxidation sites excluding steroid dienone is 1. The summed E-state index contributed by atoms with van der Waals surface area (Å²) in [6, 6.07) is 17.9. The van der Waals surface area contributed by atoms with Crippen molar-refractivity contribution in [3.63, 3.8) is 0 Å². The molecule has 2 rings (SSSR count). The van der Waals surface area contributed by atoms with Gasteiger partial charge in [-0.25, -0.2) is 0 Å². The molecule has 3 heteroatoms. The highest BCUT2D eigenvalue weighted by Gasteiger charge is 2.00. The summed E-state index contributed by atoms with van der Waals surface area (Å²) in [5.74, 6) is 0. The molecule has 19 heavy (non-hydrogen) atoms. The fraction of sp³-hybridized carbons (Fsp3) is 0.0625.